The molecule has 2 heterocycles. The molecule has 3 atom stereocenters. The van der Waals surface area contributed by atoms with Crippen molar-refractivity contribution in [1.82, 2.24) is 9.78 Å². The van der Waals surface area contributed by atoms with Gasteiger partial charge in [-0.05, 0) is 65.4 Å². The van der Waals surface area contributed by atoms with E-state index in [1.807, 2.05) is 43.3 Å². The molecule has 1 fully saturated rings. The molecule has 3 unspecified atom stereocenters. The fourth-order valence-electron chi connectivity index (χ4n) is 8.28. The van der Waals surface area contributed by atoms with Gasteiger partial charge < -0.3 is 15.1 Å². The molecule has 0 saturated heterocycles. The molecule has 240 valence electrons. The van der Waals surface area contributed by atoms with Gasteiger partial charge in [-0.25, -0.2) is 4.68 Å². The smallest absolute Gasteiger partial charge is 0.275 e. The van der Waals surface area contributed by atoms with Crippen LogP contribution in [0, 0.1) is 12.8 Å². The molecule has 6 aromatic rings. The lowest BCUT2D eigenvalue weighted by molar-refractivity contribution is -0.0952. The Morgan fingerprint density at radius 1 is 0.750 bits per heavy atom. The van der Waals surface area contributed by atoms with Crippen molar-refractivity contribution in [2.75, 3.05) is 11.9 Å². The lowest BCUT2D eigenvalue weighted by Gasteiger charge is -2.46. The molecule has 2 aliphatic rings. The predicted octanol–water partition coefficient (Wildman–Crippen LogP) is 6.82. The standard InChI is InChI=1S/C42H39N3O3/c1-27-37(41(48)45(43-27)32-17-7-4-8-18-32)38-39(46)33(40(38)47)24-36-42(25-28-13-5-3-6-14-28,34-19-11-12-20-35(34)44(36)2)26-29-21-22-30-15-9-10-16-31(30)23-29/h3-24,33,38-40,43,46-47H,25-26H2,1-2H3/b36-24+. The van der Waals surface area contributed by atoms with Crippen LogP contribution in [0.25, 0.3) is 16.5 Å². The van der Waals surface area contributed by atoms with E-state index in [-0.39, 0.29) is 5.56 Å². The number of H-pyrrole nitrogens is 1. The second kappa shape index (κ2) is 11.8. The Bertz CT molecular complexity index is 2190. The summed E-state index contributed by atoms with van der Waals surface area (Å²) in [6, 6.07) is 43.6. The molecule has 5 aromatic carbocycles. The number of hydrogen-bond acceptors (Lipinski definition) is 4. The molecule has 48 heavy (non-hydrogen) atoms. The summed E-state index contributed by atoms with van der Waals surface area (Å²) < 4.78 is 1.49. The maximum atomic E-state index is 13.7. The molecule has 3 N–H and O–H groups in total. The van der Waals surface area contributed by atoms with E-state index in [2.05, 4.69) is 114 Å². The minimum atomic E-state index is -0.925. The third-order valence-corrected chi connectivity index (χ3v) is 10.6. The van der Waals surface area contributed by atoms with E-state index in [4.69, 9.17) is 0 Å². The molecule has 6 heteroatoms. The van der Waals surface area contributed by atoms with E-state index >= 15 is 0 Å². The minimum absolute atomic E-state index is 0.243. The Morgan fingerprint density at radius 2 is 1.38 bits per heavy atom. The largest absolute Gasteiger partial charge is 0.392 e. The molecule has 0 spiro atoms. The summed E-state index contributed by atoms with van der Waals surface area (Å²) in [7, 11) is 2.08. The number of aromatic amines is 1. The third kappa shape index (κ3) is 4.83. The Labute approximate surface area is 280 Å². The first-order valence-corrected chi connectivity index (χ1v) is 16.7. The number of hydrogen-bond donors (Lipinski definition) is 3. The van der Waals surface area contributed by atoms with Crippen LogP contribution in [0.3, 0.4) is 0 Å². The van der Waals surface area contributed by atoms with Crippen molar-refractivity contribution in [3.8, 4) is 5.69 Å². The highest BCUT2D eigenvalue weighted by Crippen LogP contribution is 2.53. The van der Waals surface area contributed by atoms with Gasteiger partial charge in [0.15, 0.2) is 0 Å². The van der Waals surface area contributed by atoms with Gasteiger partial charge in [-0.2, -0.15) is 0 Å². The van der Waals surface area contributed by atoms with Gasteiger partial charge in [-0.1, -0.05) is 115 Å². The Balaban J connectivity index is 1.22. The van der Waals surface area contributed by atoms with Crippen LogP contribution in [-0.2, 0) is 18.3 Å². The second-order valence-corrected chi connectivity index (χ2v) is 13.4. The summed E-state index contributed by atoms with van der Waals surface area (Å²) in [5.41, 5.74) is 6.91. The molecular weight excluding hydrogens is 594 g/mol. The molecular formula is C42H39N3O3. The van der Waals surface area contributed by atoms with E-state index < -0.39 is 29.5 Å². The average molecular weight is 634 g/mol. The molecule has 1 aliphatic carbocycles. The zero-order chi connectivity index (χ0) is 33.0. The van der Waals surface area contributed by atoms with E-state index in [1.54, 1.807) is 0 Å². The number of aromatic nitrogens is 2. The number of para-hydroxylation sites is 2. The zero-order valence-corrected chi connectivity index (χ0v) is 27.1. The number of aliphatic hydroxyl groups excluding tert-OH is 2. The molecule has 1 saturated carbocycles. The van der Waals surface area contributed by atoms with Crippen LogP contribution in [0.15, 0.2) is 144 Å². The number of rotatable bonds is 7. The number of aliphatic hydroxyl groups is 2. The number of allylic oxidation sites excluding steroid dienone is 1. The highest BCUT2D eigenvalue weighted by molar-refractivity contribution is 5.83. The van der Waals surface area contributed by atoms with Crippen LogP contribution >= 0.6 is 0 Å². The fourth-order valence-corrected chi connectivity index (χ4v) is 8.28. The SMILES string of the molecule is Cc1[nH]n(-c2ccccc2)c(=O)c1C1C(O)C(/C=C2/N(C)c3ccccc3C2(Cc2ccccc2)Cc2ccc3ccccc3c2)C1O. The zero-order valence-electron chi connectivity index (χ0n) is 27.1. The van der Waals surface area contributed by atoms with Crippen LogP contribution < -0.4 is 10.5 Å². The van der Waals surface area contributed by atoms with Crippen molar-refractivity contribution < 1.29 is 10.2 Å². The molecule has 1 aliphatic heterocycles. The molecule has 6 nitrogen and oxygen atoms in total. The van der Waals surface area contributed by atoms with Gasteiger partial charge in [0.25, 0.3) is 5.56 Å². The number of benzene rings is 5. The van der Waals surface area contributed by atoms with Crippen molar-refractivity contribution in [1.29, 1.82) is 0 Å². The average Bonchev–Trinajstić information content (AvgIpc) is 3.53. The van der Waals surface area contributed by atoms with Crippen molar-refractivity contribution >= 4 is 16.5 Å². The maximum absolute atomic E-state index is 13.7. The van der Waals surface area contributed by atoms with Crippen LogP contribution in [0.5, 0.6) is 0 Å². The van der Waals surface area contributed by atoms with Crippen LogP contribution in [0.1, 0.15) is 33.9 Å². The normalized spacial score (nSPS) is 24.2. The summed E-state index contributed by atoms with van der Waals surface area (Å²) in [6.45, 7) is 1.83. The van der Waals surface area contributed by atoms with Gasteiger partial charge in [-0.3, -0.25) is 9.89 Å². The van der Waals surface area contributed by atoms with E-state index in [0.29, 0.717) is 16.9 Å². The quantitative estimate of drug-likeness (QED) is 0.180. The first kappa shape index (κ1) is 30.2. The van der Waals surface area contributed by atoms with Crippen LogP contribution in [0.4, 0.5) is 5.69 Å². The third-order valence-electron chi connectivity index (χ3n) is 10.6. The highest BCUT2D eigenvalue weighted by Gasteiger charge is 2.53. The van der Waals surface area contributed by atoms with Gasteiger partial charge in [0.2, 0.25) is 0 Å². The number of nitrogens with one attached hydrogen (secondary N) is 1. The fraction of sp³-hybridized carbons (Fsp3) is 0.214. The number of anilines is 1. The predicted molar refractivity (Wildman–Crippen MR) is 192 cm³/mol. The van der Waals surface area contributed by atoms with E-state index in [0.717, 1.165) is 24.2 Å². The lowest BCUT2D eigenvalue weighted by atomic mass is 9.63. The topological polar surface area (TPSA) is 81.5 Å². The number of aryl methyl sites for hydroxylation is 1. The number of nitrogens with zero attached hydrogens (tertiary/aromatic N) is 2. The first-order valence-electron chi connectivity index (χ1n) is 16.7. The molecule has 1 aromatic heterocycles. The van der Waals surface area contributed by atoms with Gasteiger partial charge in [-0.15, -0.1) is 0 Å². The number of likely N-dealkylation sites (N-methyl/N-ethyl adjacent to an activating group) is 1. The van der Waals surface area contributed by atoms with Crippen LogP contribution in [0.2, 0.25) is 0 Å². The van der Waals surface area contributed by atoms with Crippen molar-refractivity contribution in [3.05, 3.63) is 177 Å². The summed E-state index contributed by atoms with van der Waals surface area (Å²) >= 11 is 0. The Morgan fingerprint density at radius 3 is 2.12 bits per heavy atom. The lowest BCUT2D eigenvalue weighted by Crippen LogP contribution is -2.54. The Hall–Kier alpha value is -5.17. The van der Waals surface area contributed by atoms with Gasteiger partial charge in [0.1, 0.15) is 0 Å². The van der Waals surface area contributed by atoms with E-state index in [9.17, 15) is 15.0 Å². The molecule has 8 rings (SSSR count). The van der Waals surface area contributed by atoms with Crippen molar-refractivity contribution in [3.63, 3.8) is 0 Å². The molecule has 0 amide bonds. The summed E-state index contributed by atoms with van der Waals surface area (Å²) in [4.78, 5) is 15.9. The highest BCUT2D eigenvalue weighted by atomic mass is 16.3. The van der Waals surface area contributed by atoms with Gasteiger partial charge >= 0.3 is 0 Å². The van der Waals surface area contributed by atoms with Crippen molar-refractivity contribution in [2.24, 2.45) is 5.92 Å². The monoisotopic (exact) mass is 633 g/mol. The van der Waals surface area contributed by atoms with E-state index in [1.165, 1.54) is 32.1 Å². The maximum Gasteiger partial charge on any atom is 0.275 e. The summed E-state index contributed by atoms with van der Waals surface area (Å²) in [5.74, 6) is -1.24. The molecule has 0 radical (unpaired) electrons. The van der Waals surface area contributed by atoms with Crippen molar-refractivity contribution in [2.45, 2.75) is 43.3 Å². The van der Waals surface area contributed by atoms with Gasteiger partial charge in [0.05, 0.1) is 17.9 Å². The summed E-state index contributed by atoms with van der Waals surface area (Å²) in [5, 5.41) is 29.1. The van der Waals surface area contributed by atoms with Gasteiger partial charge in [0, 0.05) is 46.9 Å². The minimum Gasteiger partial charge on any atom is -0.392 e. The first-order chi connectivity index (χ1) is 23.4. The second-order valence-electron chi connectivity index (χ2n) is 13.4. The number of fused-ring (bicyclic) bond motifs is 2. The Kier molecular flexibility index (Phi) is 7.43. The molecule has 0 bridgehead atoms. The van der Waals surface area contributed by atoms with Crippen LogP contribution in [-0.4, -0.2) is 39.2 Å². The summed E-state index contributed by atoms with van der Waals surface area (Å²) in [6.07, 6.45) is 1.72.